The highest BCUT2D eigenvalue weighted by atomic mass is 16.6. The molecule has 8 nitrogen and oxygen atoms in total. The zero-order valence-corrected chi connectivity index (χ0v) is 14.5. The second-order valence-corrected chi connectivity index (χ2v) is 5.68. The van der Waals surface area contributed by atoms with E-state index in [0.29, 0.717) is 16.9 Å². The van der Waals surface area contributed by atoms with Crippen molar-refractivity contribution in [2.24, 2.45) is 0 Å². The van der Waals surface area contributed by atoms with Crippen molar-refractivity contribution in [3.8, 4) is 0 Å². The number of nitrogens with zero attached hydrogens (tertiary/aromatic N) is 1. The van der Waals surface area contributed by atoms with Crippen LogP contribution in [0.5, 0.6) is 0 Å². The largest absolute Gasteiger partial charge is 0.459 e. The lowest BCUT2D eigenvalue weighted by Crippen LogP contribution is -2.11. The smallest absolute Gasteiger partial charge is 0.291 e. The molecule has 3 aromatic rings. The van der Waals surface area contributed by atoms with Gasteiger partial charge in [0.1, 0.15) is 0 Å². The van der Waals surface area contributed by atoms with Gasteiger partial charge in [-0.2, -0.15) is 0 Å². The minimum atomic E-state index is -0.496. The summed E-state index contributed by atoms with van der Waals surface area (Å²) < 4.78 is 5.01. The highest BCUT2D eigenvalue weighted by molar-refractivity contribution is 6.03. The van der Waals surface area contributed by atoms with Gasteiger partial charge >= 0.3 is 0 Å². The number of amides is 2. The van der Waals surface area contributed by atoms with Gasteiger partial charge in [-0.25, -0.2) is 0 Å². The summed E-state index contributed by atoms with van der Waals surface area (Å²) in [5.41, 5.74) is 1.58. The number of furan rings is 1. The van der Waals surface area contributed by atoms with Crippen LogP contribution in [0.1, 0.15) is 16.1 Å². The van der Waals surface area contributed by atoms with Gasteiger partial charge in [-0.3, -0.25) is 19.7 Å². The predicted octanol–water partition coefficient (Wildman–Crippen LogP) is 4.09. The maximum atomic E-state index is 12.0. The minimum Gasteiger partial charge on any atom is -0.459 e. The Morgan fingerprint density at radius 3 is 2.32 bits per heavy atom. The molecule has 0 saturated carbocycles. The van der Waals surface area contributed by atoms with Crippen molar-refractivity contribution in [1.29, 1.82) is 0 Å². The van der Waals surface area contributed by atoms with Crippen LogP contribution in [0.25, 0.3) is 6.08 Å². The van der Waals surface area contributed by atoms with Gasteiger partial charge in [-0.15, -0.1) is 0 Å². The van der Waals surface area contributed by atoms with Crippen LogP contribution in [0.2, 0.25) is 0 Å². The molecule has 0 spiro atoms. The maximum absolute atomic E-state index is 12.0. The van der Waals surface area contributed by atoms with E-state index >= 15 is 0 Å². The zero-order valence-electron chi connectivity index (χ0n) is 14.5. The molecule has 140 valence electrons. The van der Waals surface area contributed by atoms with E-state index < -0.39 is 4.92 Å². The van der Waals surface area contributed by atoms with Crippen LogP contribution in [-0.2, 0) is 4.79 Å². The molecule has 0 atom stereocenters. The number of anilines is 2. The molecule has 3 rings (SSSR count). The van der Waals surface area contributed by atoms with E-state index in [-0.39, 0.29) is 23.3 Å². The number of nitro benzene ring substituents is 1. The summed E-state index contributed by atoms with van der Waals surface area (Å²) in [6.07, 6.45) is 4.18. The number of hydrogen-bond donors (Lipinski definition) is 2. The van der Waals surface area contributed by atoms with E-state index in [1.54, 1.807) is 48.5 Å². The third-order valence-electron chi connectivity index (χ3n) is 3.66. The first kappa shape index (κ1) is 18.6. The van der Waals surface area contributed by atoms with Crippen molar-refractivity contribution in [1.82, 2.24) is 0 Å². The fourth-order valence-corrected chi connectivity index (χ4v) is 2.34. The van der Waals surface area contributed by atoms with Crippen molar-refractivity contribution in [3.05, 3.63) is 94.4 Å². The Hall–Kier alpha value is -4.20. The van der Waals surface area contributed by atoms with Crippen molar-refractivity contribution < 1.29 is 18.9 Å². The van der Waals surface area contributed by atoms with E-state index in [4.69, 9.17) is 4.42 Å². The summed E-state index contributed by atoms with van der Waals surface area (Å²) in [6, 6.07) is 15.7. The molecule has 0 unspecified atom stereocenters. The number of carbonyl (C=O) groups is 2. The molecule has 0 radical (unpaired) electrons. The highest BCUT2D eigenvalue weighted by Crippen LogP contribution is 2.16. The molecule has 0 saturated heterocycles. The van der Waals surface area contributed by atoms with Crippen LogP contribution in [0.15, 0.2) is 77.4 Å². The summed E-state index contributed by atoms with van der Waals surface area (Å²) in [4.78, 5) is 34.2. The van der Waals surface area contributed by atoms with Gasteiger partial charge in [-0.1, -0.05) is 12.1 Å². The molecule has 0 aliphatic carbocycles. The molecule has 0 bridgehead atoms. The maximum Gasteiger partial charge on any atom is 0.291 e. The minimum absolute atomic E-state index is 0.0465. The van der Waals surface area contributed by atoms with Crippen LogP contribution in [0.4, 0.5) is 17.1 Å². The fraction of sp³-hybridized carbons (Fsp3) is 0. The number of nitrogens with one attached hydrogen (secondary N) is 2. The van der Waals surface area contributed by atoms with Crippen molar-refractivity contribution in [2.45, 2.75) is 0 Å². The summed E-state index contributed by atoms with van der Waals surface area (Å²) in [5.74, 6) is -0.566. The summed E-state index contributed by atoms with van der Waals surface area (Å²) in [6.45, 7) is 0. The SMILES string of the molecule is O=C(/C=C/c1cccc([N+](=O)[O-])c1)Nc1ccc(NC(=O)c2ccco2)cc1. The Bertz CT molecular complexity index is 1020. The molecular weight excluding hydrogens is 362 g/mol. The van der Waals surface area contributed by atoms with E-state index in [0.717, 1.165) is 0 Å². The van der Waals surface area contributed by atoms with E-state index in [1.807, 2.05) is 0 Å². The molecule has 0 aliphatic rings. The van der Waals surface area contributed by atoms with E-state index in [9.17, 15) is 19.7 Å². The number of hydrogen-bond acceptors (Lipinski definition) is 5. The normalized spacial score (nSPS) is 10.6. The van der Waals surface area contributed by atoms with Crippen LogP contribution in [-0.4, -0.2) is 16.7 Å². The van der Waals surface area contributed by atoms with Gasteiger partial charge in [0.25, 0.3) is 11.6 Å². The summed E-state index contributed by atoms with van der Waals surface area (Å²) in [5, 5.41) is 16.1. The number of rotatable bonds is 6. The van der Waals surface area contributed by atoms with Crippen molar-refractivity contribution in [2.75, 3.05) is 10.6 Å². The molecule has 1 aromatic heterocycles. The number of carbonyl (C=O) groups excluding carboxylic acids is 2. The summed E-state index contributed by atoms with van der Waals surface area (Å²) >= 11 is 0. The molecule has 0 fully saturated rings. The lowest BCUT2D eigenvalue weighted by atomic mass is 10.2. The van der Waals surface area contributed by atoms with Crippen LogP contribution in [0.3, 0.4) is 0 Å². The first-order valence-electron chi connectivity index (χ1n) is 8.20. The molecule has 2 N–H and O–H groups in total. The first-order valence-corrected chi connectivity index (χ1v) is 8.20. The number of benzene rings is 2. The first-order chi connectivity index (χ1) is 13.5. The van der Waals surface area contributed by atoms with Crippen molar-refractivity contribution >= 4 is 35.0 Å². The molecule has 0 aliphatic heterocycles. The number of nitro groups is 1. The molecule has 2 aromatic carbocycles. The van der Waals surface area contributed by atoms with Gasteiger partial charge in [-0.05, 0) is 48.0 Å². The predicted molar refractivity (Wildman–Crippen MR) is 104 cm³/mol. The second-order valence-electron chi connectivity index (χ2n) is 5.68. The van der Waals surface area contributed by atoms with E-state index in [2.05, 4.69) is 10.6 Å². The van der Waals surface area contributed by atoms with Gasteiger partial charge in [0.15, 0.2) is 5.76 Å². The molecule has 2 amide bonds. The van der Waals surface area contributed by atoms with Crippen molar-refractivity contribution in [3.63, 3.8) is 0 Å². The third kappa shape index (κ3) is 4.92. The van der Waals surface area contributed by atoms with E-state index in [1.165, 1.54) is 30.5 Å². The Labute approximate surface area is 159 Å². The number of non-ortho nitro benzene ring substituents is 1. The molecule has 1 heterocycles. The topological polar surface area (TPSA) is 114 Å². The average molecular weight is 377 g/mol. The second kappa shape index (κ2) is 8.45. The Morgan fingerprint density at radius 1 is 0.964 bits per heavy atom. The average Bonchev–Trinajstić information content (AvgIpc) is 3.23. The Morgan fingerprint density at radius 2 is 1.68 bits per heavy atom. The standard InChI is InChI=1S/C20H15N3O5/c24-19(11-6-14-3-1-4-17(13-14)23(26)27)21-15-7-9-16(10-8-15)22-20(25)18-5-2-12-28-18/h1-13H,(H,21,24)(H,22,25)/b11-6+. The molecule has 8 heteroatoms. The lowest BCUT2D eigenvalue weighted by molar-refractivity contribution is -0.384. The van der Waals surface area contributed by atoms with Gasteiger partial charge < -0.3 is 15.1 Å². The lowest BCUT2D eigenvalue weighted by Gasteiger charge is -2.06. The monoisotopic (exact) mass is 377 g/mol. The van der Waals surface area contributed by atoms with Gasteiger partial charge in [0, 0.05) is 29.6 Å². The van der Waals surface area contributed by atoms with Gasteiger partial charge in [0.05, 0.1) is 11.2 Å². The highest BCUT2D eigenvalue weighted by Gasteiger charge is 2.08. The van der Waals surface area contributed by atoms with Crippen LogP contribution < -0.4 is 10.6 Å². The Balaban J connectivity index is 1.57. The van der Waals surface area contributed by atoms with Crippen LogP contribution >= 0.6 is 0 Å². The fourth-order valence-electron chi connectivity index (χ4n) is 2.34. The molecule has 28 heavy (non-hydrogen) atoms. The third-order valence-corrected chi connectivity index (χ3v) is 3.66. The van der Waals surface area contributed by atoms with Crippen LogP contribution in [0, 0.1) is 10.1 Å². The molecular formula is C20H15N3O5. The zero-order chi connectivity index (χ0) is 19.9. The quantitative estimate of drug-likeness (QED) is 0.381. The Kier molecular flexibility index (Phi) is 5.61. The van der Waals surface area contributed by atoms with Gasteiger partial charge in [0.2, 0.25) is 5.91 Å². The summed E-state index contributed by atoms with van der Waals surface area (Å²) in [7, 11) is 0.